The maximum atomic E-state index is 14.5. The van der Waals surface area contributed by atoms with E-state index in [9.17, 15) is 17.9 Å². The van der Waals surface area contributed by atoms with E-state index in [1.54, 1.807) is 48.7 Å². The zero-order valence-corrected chi connectivity index (χ0v) is 19.4. The van der Waals surface area contributed by atoms with Gasteiger partial charge in [0.2, 0.25) is 0 Å². The van der Waals surface area contributed by atoms with Gasteiger partial charge in [-0.1, -0.05) is 12.1 Å². The monoisotopic (exact) mass is 465 g/mol. The van der Waals surface area contributed by atoms with E-state index in [4.69, 9.17) is 11.8 Å². The molecule has 6 nitrogen and oxygen atoms in total. The summed E-state index contributed by atoms with van der Waals surface area (Å²) < 4.78 is 40.4. The maximum Gasteiger partial charge on any atom is 0.175 e. The zero-order chi connectivity index (χ0) is 23.0. The van der Waals surface area contributed by atoms with E-state index >= 15 is 0 Å². The lowest BCUT2D eigenvalue weighted by Crippen LogP contribution is -2.17. The van der Waals surface area contributed by atoms with Crippen molar-refractivity contribution in [1.29, 1.82) is 0 Å². The Morgan fingerprint density at radius 2 is 2.03 bits per heavy atom. The van der Waals surface area contributed by atoms with Gasteiger partial charge in [0.1, 0.15) is 11.4 Å². The van der Waals surface area contributed by atoms with Gasteiger partial charge in [0.25, 0.3) is 0 Å². The average Bonchev–Trinajstić information content (AvgIpc) is 2.96. The Kier molecular flexibility index (Phi) is 6.57. The van der Waals surface area contributed by atoms with Crippen LogP contribution in [0.25, 0.3) is 22.2 Å². The molecule has 2 heterocycles. The lowest BCUT2D eigenvalue weighted by molar-refractivity contribution is 0.0742. The normalized spacial score (nSPS) is 13.2. The summed E-state index contributed by atoms with van der Waals surface area (Å²) in [5.74, 6) is -0.379. The Bertz CT molecular complexity index is 1260. The Hall–Kier alpha value is -2.26. The second kappa shape index (κ2) is 8.70. The van der Waals surface area contributed by atoms with Crippen LogP contribution in [-0.4, -0.2) is 35.9 Å². The number of nitrogens with zero attached hydrogens (tertiary/aromatic N) is 2. The van der Waals surface area contributed by atoms with Crippen LogP contribution in [0.3, 0.4) is 0 Å². The number of aliphatic hydroxyl groups is 1. The summed E-state index contributed by atoms with van der Waals surface area (Å²) >= 11 is 5.42. The second-order valence-electron chi connectivity index (χ2n) is 7.96. The number of benzene rings is 1. The number of aromatic nitrogens is 2. The molecule has 2 N–H and O–H groups in total. The molecule has 0 atom stereocenters. The number of sulfone groups is 1. The minimum Gasteiger partial charge on any atom is -0.384 e. The van der Waals surface area contributed by atoms with E-state index < -0.39 is 15.4 Å². The van der Waals surface area contributed by atoms with Crippen LogP contribution < -0.4 is 4.84 Å². The summed E-state index contributed by atoms with van der Waals surface area (Å²) in [6.45, 7) is 5.25. The van der Waals surface area contributed by atoms with Crippen molar-refractivity contribution in [2.24, 2.45) is 0 Å². The Morgan fingerprint density at radius 3 is 2.65 bits per heavy atom. The quantitative estimate of drug-likeness (QED) is 0.510. The molecule has 166 valence electrons. The first kappa shape index (κ1) is 23.4. The summed E-state index contributed by atoms with van der Waals surface area (Å²) in [7, 11) is -3.41. The Balaban J connectivity index is 2.30. The van der Waals surface area contributed by atoms with Crippen LogP contribution >= 0.6 is 11.8 Å². The molecule has 1 aromatic carbocycles. The van der Waals surface area contributed by atoms with Crippen LogP contribution in [0, 0.1) is 6.92 Å². The van der Waals surface area contributed by atoms with E-state index in [2.05, 4.69) is 9.82 Å². The van der Waals surface area contributed by atoms with Crippen molar-refractivity contribution >= 4 is 32.6 Å². The van der Waals surface area contributed by atoms with Crippen molar-refractivity contribution in [3.63, 3.8) is 0 Å². The van der Waals surface area contributed by atoms with Crippen LogP contribution in [-0.2, 0) is 22.0 Å². The predicted octanol–water partition coefficient (Wildman–Crippen LogP) is 4.24. The summed E-state index contributed by atoms with van der Waals surface area (Å²) in [4.78, 5) is 7.21. The highest BCUT2D eigenvalue weighted by molar-refractivity contribution is 7.90. The Morgan fingerprint density at radius 1 is 1.32 bits per heavy atom. The fourth-order valence-corrected chi connectivity index (χ4v) is 4.22. The van der Waals surface area contributed by atoms with Crippen molar-refractivity contribution in [3.05, 3.63) is 59.7 Å². The lowest BCUT2D eigenvalue weighted by atomic mass is 10.0. The van der Waals surface area contributed by atoms with Crippen molar-refractivity contribution in [2.75, 3.05) is 12.8 Å². The standard InChI is InChI=1S/C22H25ClFN3O3S/c1-14-20(15-6-5-7-17(12-15)31(4,29)30)21-18(8-9-19(26-21)22(2,3)28)27(14)13-16(24)10-11-25-23/h5-10,12,25,28H,11,13H2,1-4H3/b16-10-. The highest BCUT2D eigenvalue weighted by Crippen LogP contribution is 2.36. The molecule has 0 aliphatic carbocycles. The predicted molar refractivity (Wildman–Crippen MR) is 121 cm³/mol. The van der Waals surface area contributed by atoms with Gasteiger partial charge < -0.3 is 9.67 Å². The van der Waals surface area contributed by atoms with Gasteiger partial charge in [0.15, 0.2) is 9.84 Å². The second-order valence-corrected chi connectivity index (χ2v) is 10.2. The molecule has 0 fully saturated rings. The molecule has 0 amide bonds. The van der Waals surface area contributed by atoms with Gasteiger partial charge in [-0.3, -0.25) is 0 Å². The molecule has 3 rings (SSSR count). The summed E-state index contributed by atoms with van der Waals surface area (Å²) in [5, 5.41) is 10.4. The molecule has 31 heavy (non-hydrogen) atoms. The van der Waals surface area contributed by atoms with Crippen LogP contribution in [0.2, 0.25) is 0 Å². The van der Waals surface area contributed by atoms with E-state index in [0.29, 0.717) is 27.9 Å². The fraction of sp³-hybridized carbons (Fsp3) is 0.318. The van der Waals surface area contributed by atoms with Crippen molar-refractivity contribution < 1.29 is 17.9 Å². The topological polar surface area (TPSA) is 84.2 Å². The van der Waals surface area contributed by atoms with Gasteiger partial charge in [-0.2, -0.15) is 0 Å². The number of allylic oxidation sites excluding steroid dienone is 1. The Labute approximate surface area is 186 Å². The first-order valence-electron chi connectivity index (χ1n) is 9.64. The molecule has 3 aromatic rings. The number of hydrogen-bond donors (Lipinski definition) is 2. The van der Waals surface area contributed by atoms with E-state index in [0.717, 1.165) is 11.9 Å². The lowest BCUT2D eigenvalue weighted by Gasteiger charge is -2.16. The SMILES string of the molecule is Cc1c(-c2cccc(S(C)(=O)=O)c2)c2nc(C(C)(C)O)ccc2n1C/C(F)=C/CNCl. The molecule has 0 saturated carbocycles. The third kappa shape index (κ3) is 4.98. The molecule has 0 aliphatic rings. The zero-order valence-electron chi connectivity index (χ0n) is 17.8. The van der Waals surface area contributed by atoms with E-state index in [-0.39, 0.29) is 23.8 Å². The molecular formula is C22H25ClFN3O3S. The number of halogens is 2. The first-order valence-corrected chi connectivity index (χ1v) is 11.9. The molecule has 0 saturated heterocycles. The molecule has 0 unspecified atom stereocenters. The number of fused-ring (bicyclic) bond motifs is 1. The number of hydrogen-bond acceptors (Lipinski definition) is 5. The smallest absolute Gasteiger partial charge is 0.175 e. The van der Waals surface area contributed by atoms with Crippen molar-refractivity contribution in [2.45, 2.75) is 37.8 Å². The van der Waals surface area contributed by atoms with Crippen LogP contribution in [0.5, 0.6) is 0 Å². The number of nitrogens with one attached hydrogen (secondary N) is 1. The van der Waals surface area contributed by atoms with Gasteiger partial charge in [0.05, 0.1) is 28.2 Å². The number of rotatable bonds is 7. The molecule has 0 radical (unpaired) electrons. The van der Waals surface area contributed by atoms with Gasteiger partial charge in [-0.15, -0.1) is 0 Å². The van der Waals surface area contributed by atoms with Gasteiger partial charge >= 0.3 is 0 Å². The van der Waals surface area contributed by atoms with Crippen molar-refractivity contribution in [1.82, 2.24) is 14.4 Å². The highest BCUT2D eigenvalue weighted by Gasteiger charge is 2.23. The maximum absolute atomic E-state index is 14.5. The van der Waals surface area contributed by atoms with Crippen molar-refractivity contribution in [3.8, 4) is 11.1 Å². The molecule has 0 bridgehead atoms. The van der Waals surface area contributed by atoms with Crippen LogP contribution in [0.4, 0.5) is 4.39 Å². The molecular weight excluding hydrogens is 441 g/mol. The first-order chi connectivity index (χ1) is 14.4. The van der Waals surface area contributed by atoms with E-state index in [1.165, 1.54) is 12.1 Å². The number of pyridine rings is 1. The summed E-state index contributed by atoms with van der Waals surface area (Å²) in [6.07, 6.45) is 2.50. The average molecular weight is 466 g/mol. The third-order valence-electron chi connectivity index (χ3n) is 5.06. The fourth-order valence-electron chi connectivity index (χ4n) is 3.48. The van der Waals surface area contributed by atoms with Crippen LogP contribution in [0.15, 0.2) is 53.2 Å². The summed E-state index contributed by atoms with van der Waals surface area (Å²) in [5.41, 5.74) is 2.58. The van der Waals surface area contributed by atoms with Gasteiger partial charge in [0, 0.05) is 24.1 Å². The minimum atomic E-state index is -3.41. The van der Waals surface area contributed by atoms with E-state index in [1.807, 2.05) is 6.92 Å². The van der Waals surface area contributed by atoms with Gasteiger partial charge in [-0.25, -0.2) is 22.6 Å². The summed E-state index contributed by atoms with van der Waals surface area (Å²) in [6, 6.07) is 10.1. The third-order valence-corrected chi connectivity index (χ3v) is 6.32. The highest BCUT2D eigenvalue weighted by atomic mass is 35.5. The molecule has 2 aromatic heterocycles. The molecule has 9 heteroatoms. The van der Waals surface area contributed by atoms with Crippen LogP contribution in [0.1, 0.15) is 25.2 Å². The largest absolute Gasteiger partial charge is 0.384 e. The minimum absolute atomic E-state index is 0.0315. The van der Waals surface area contributed by atoms with Gasteiger partial charge in [-0.05, 0) is 68.5 Å². The molecule has 0 spiro atoms. The molecule has 0 aliphatic heterocycles.